The van der Waals surface area contributed by atoms with Crippen molar-refractivity contribution in [2.45, 2.75) is 19.4 Å². The lowest BCUT2D eigenvalue weighted by Gasteiger charge is -2.34. The summed E-state index contributed by atoms with van der Waals surface area (Å²) in [5, 5.41) is 12.6. The molecular weight excluding hydrogens is 338 g/mol. The average molecular weight is 358 g/mol. The van der Waals surface area contributed by atoms with Gasteiger partial charge in [-0.05, 0) is 28.4 Å². The molecule has 1 aromatic rings. The number of ether oxygens (including phenoxy) is 1. The fourth-order valence-electron chi connectivity index (χ4n) is 2.21. The highest BCUT2D eigenvalue weighted by atomic mass is 79.9. The predicted molar refractivity (Wildman–Crippen MR) is 83.4 cm³/mol. The molecule has 2 rings (SSSR count). The van der Waals surface area contributed by atoms with Gasteiger partial charge in [-0.15, -0.1) is 0 Å². The molecule has 0 saturated carbocycles. The number of pyridine rings is 1. The summed E-state index contributed by atoms with van der Waals surface area (Å²) in [6.45, 7) is 4.02. The maximum Gasteiger partial charge on any atom is 0.258 e. The van der Waals surface area contributed by atoms with Gasteiger partial charge in [0.2, 0.25) is 0 Å². The van der Waals surface area contributed by atoms with Crippen LogP contribution in [0.3, 0.4) is 0 Å². The van der Waals surface area contributed by atoms with Crippen molar-refractivity contribution in [3.63, 3.8) is 0 Å². The third-order valence-corrected chi connectivity index (χ3v) is 3.76. The van der Waals surface area contributed by atoms with Gasteiger partial charge in [-0.1, -0.05) is 6.92 Å². The van der Waals surface area contributed by atoms with Gasteiger partial charge in [0, 0.05) is 23.8 Å². The highest BCUT2D eigenvalue weighted by Gasteiger charge is 2.29. The molecular formula is C14H20BrN3O3. The van der Waals surface area contributed by atoms with Crippen LogP contribution in [0.4, 0.5) is 5.82 Å². The maximum absolute atomic E-state index is 12.8. The minimum atomic E-state index is -0.302. The number of hydrogen-bond donors (Lipinski definition) is 2. The first kappa shape index (κ1) is 16.2. The van der Waals surface area contributed by atoms with Gasteiger partial charge in [0.1, 0.15) is 5.82 Å². The van der Waals surface area contributed by atoms with Gasteiger partial charge in [0.05, 0.1) is 31.4 Å². The Hall–Kier alpha value is -1.18. The van der Waals surface area contributed by atoms with Gasteiger partial charge in [-0.2, -0.15) is 0 Å². The molecule has 1 aliphatic rings. The fourth-order valence-corrected chi connectivity index (χ4v) is 2.55. The Morgan fingerprint density at radius 2 is 2.48 bits per heavy atom. The van der Waals surface area contributed by atoms with E-state index >= 15 is 0 Å². The molecule has 1 atom stereocenters. The average Bonchev–Trinajstić information content (AvgIpc) is 2.53. The summed E-state index contributed by atoms with van der Waals surface area (Å²) in [6.07, 6.45) is 2.61. The van der Waals surface area contributed by atoms with Crippen molar-refractivity contribution < 1.29 is 14.6 Å². The Balaban J connectivity index is 2.26. The predicted octanol–water partition coefficient (Wildman–Crippen LogP) is 1.50. The lowest BCUT2D eigenvalue weighted by molar-refractivity contribution is -0.0183. The summed E-state index contributed by atoms with van der Waals surface area (Å²) in [4.78, 5) is 18.7. The Morgan fingerprint density at radius 1 is 1.67 bits per heavy atom. The lowest BCUT2D eigenvalue weighted by Crippen LogP contribution is -2.50. The number of rotatable bonds is 5. The van der Waals surface area contributed by atoms with Gasteiger partial charge >= 0.3 is 0 Å². The first-order valence-electron chi connectivity index (χ1n) is 7.06. The third-order valence-electron chi connectivity index (χ3n) is 3.33. The van der Waals surface area contributed by atoms with Gasteiger partial charge in [-0.3, -0.25) is 4.79 Å². The molecule has 116 valence electrons. The zero-order valence-corrected chi connectivity index (χ0v) is 13.6. The lowest BCUT2D eigenvalue weighted by atomic mass is 10.1. The molecule has 1 fully saturated rings. The molecule has 1 unspecified atom stereocenters. The van der Waals surface area contributed by atoms with Crippen LogP contribution >= 0.6 is 15.9 Å². The van der Waals surface area contributed by atoms with Crippen LogP contribution in [0.25, 0.3) is 0 Å². The number of morpholine rings is 1. The molecule has 6 nitrogen and oxygen atoms in total. The fraction of sp³-hybridized carbons (Fsp3) is 0.571. The largest absolute Gasteiger partial charge is 0.394 e. The standard InChI is InChI=1S/C14H20BrN3O3/c1-2-3-16-13-12(6-10(15)7-17-13)14(20)18-4-5-21-9-11(18)8-19/h6-7,11,19H,2-5,8-9H2,1H3,(H,16,17). The minimum absolute atomic E-state index is 0.106. The number of aromatic nitrogens is 1. The van der Waals surface area contributed by atoms with Crippen LogP contribution in [0.1, 0.15) is 23.7 Å². The van der Waals surface area contributed by atoms with Crippen molar-refractivity contribution in [2.24, 2.45) is 0 Å². The monoisotopic (exact) mass is 357 g/mol. The summed E-state index contributed by atoms with van der Waals surface area (Å²) in [5.41, 5.74) is 0.512. The van der Waals surface area contributed by atoms with Crippen LogP contribution < -0.4 is 5.32 Å². The number of carbonyl (C=O) groups excluding carboxylic acids is 1. The molecule has 2 heterocycles. The number of aliphatic hydroxyl groups excluding tert-OH is 1. The summed E-state index contributed by atoms with van der Waals surface area (Å²) < 4.78 is 6.07. The molecule has 7 heteroatoms. The normalized spacial score (nSPS) is 18.6. The molecule has 1 amide bonds. The number of anilines is 1. The molecule has 0 radical (unpaired) electrons. The van der Waals surface area contributed by atoms with E-state index in [1.807, 2.05) is 0 Å². The zero-order valence-electron chi connectivity index (χ0n) is 12.0. The van der Waals surface area contributed by atoms with Crippen molar-refractivity contribution in [3.05, 3.63) is 22.3 Å². The molecule has 1 aromatic heterocycles. The van der Waals surface area contributed by atoms with Gasteiger partial charge < -0.3 is 20.1 Å². The SMILES string of the molecule is CCCNc1ncc(Br)cc1C(=O)N1CCOCC1CO. The van der Waals surface area contributed by atoms with Gasteiger partial charge in [0.15, 0.2) is 0 Å². The molecule has 1 aliphatic heterocycles. The Morgan fingerprint density at radius 3 is 3.19 bits per heavy atom. The van der Waals surface area contributed by atoms with Crippen LogP contribution in [-0.4, -0.2) is 59.8 Å². The van der Waals surface area contributed by atoms with E-state index in [9.17, 15) is 9.90 Å². The second-order valence-electron chi connectivity index (χ2n) is 4.89. The van der Waals surface area contributed by atoms with E-state index in [1.54, 1.807) is 17.2 Å². The summed E-state index contributed by atoms with van der Waals surface area (Å²) in [5.74, 6) is 0.443. The molecule has 21 heavy (non-hydrogen) atoms. The van der Waals surface area contributed by atoms with Crippen LogP contribution in [0.2, 0.25) is 0 Å². The quantitative estimate of drug-likeness (QED) is 0.835. The molecule has 0 spiro atoms. The van der Waals surface area contributed by atoms with Gasteiger partial charge in [0.25, 0.3) is 5.91 Å². The molecule has 0 aromatic carbocycles. The Kier molecular flexibility index (Phi) is 5.96. The number of amides is 1. The first-order chi connectivity index (χ1) is 10.2. The summed E-state index contributed by atoms with van der Waals surface area (Å²) >= 11 is 3.35. The summed E-state index contributed by atoms with van der Waals surface area (Å²) in [6, 6.07) is 1.46. The first-order valence-corrected chi connectivity index (χ1v) is 7.85. The topological polar surface area (TPSA) is 74.7 Å². The Labute approximate surface area is 132 Å². The van der Waals surface area contributed by atoms with Crippen molar-refractivity contribution in [1.82, 2.24) is 9.88 Å². The van der Waals surface area contributed by atoms with E-state index in [-0.39, 0.29) is 18.6 Å². The van der Waals surface area contributed by atoms with E-state index < -0.39 is 0 Å². The van der Waals surface area contributed by atoms with Crippen LogP contribution in [0.5, 0.6) is 0 Å². The molecule has 0 aliphatic carbocycles. The third kappa shape index (κ3) is 3.93. The number of hydrogen-bond acceptors (Lipinski definition) is 5. The smallest absolute Gasteiger partial charge is 0.258 e. The second-order valence-corrected chi connectivity index (χ2v) is 5.80. The Bertz CT molecular complexity index is 498. The van der Waals surface area contributed by atoms with Crippen LogP contribution in [-0.2, 0) is 4.74 Å². The van der Waals surface area contributed by atoms with Crippen molar-refractivity contribution in [3.8, 4) is 0 Å². The molecule has 2 N–H and O–H groups in total. The number of carbonyl (C=O) groups is 1. The minimum Gasteiger partial charge on any atom is -0.394 e. The van der Waals surface area contributed by atoms with Crippen LogP contribution in [0, 0.1) is 0 Å². The van der Waals surface area contributed by atoms with E-state index in [2.05, 4.69) is 33.2 Å². The van der Waals surface area contributed by atoms with E-state index in [0.29, 0.717) is 31.1 Å². The molecule has 1 saturated heterocycles. The number of aliphatic hydroxyl groups is 1. The highest BCUT2D eigenvalue weighted by Crippen LogP contribution is 2.22. The zero-order chi connectivity index (χ0) is 15.2. The second kappa shape index (κ2) is 7.72. The summed E-state index contributed by atoms with van der Waals surface area (Å²) in [7, 11) is 0. The number of nitrogens with one attached hydrogen (secondary N) is 1. The van der Waals surface area contributed by atoms with Crippen molar-refractivity contribution >= 4 is 27.7 Å². The van der Waals surface area contributed by atoms with Crippen molar-refractivity contribution in [2.75, 3.05) is 38.2 Å². The van der Waals surface area contributed by atoms with E-state index in [4.69, 9.17) is 4.74 Å². The van der Waals surface area contributed by atoms with Gasteiger partial charge in [-0.25, -0.2) is 4.98 Å². The molecule has 0 bridgehead atoms. The van der Waals surface area contributed by atoms with E-state index in [0.717, 1.165) is 17.4 Å². The highest BCUT2D eigenvalue weighted by molar-refractivity contribution is 9.10. The van der Waals surface area contributed by atoms with Crippen molar-refractivity contribution in [1.29, 1.82) is 0 Å². The van der Waals surface area contributed by atoms with Crippen LogP contribution in [0.15, 0.2) is 16.7 Å². The van der Waals surface area contributed by atoms with E-state index in [1.165, 1.54) is 0 Å². The maximum atomic E-state index is 12.8. The number of nitrogens with zero attached hydrogens (tertiary/aromatic N) is 2. The number of halogens is 1.